The van der Waals surface area contributed by atoms with E-state index in [2.05, 4.69) is 5.32 Å². The van der Waals surface area contributed by atoms with E-state index in [0.29, 0.717) is 5.69 Å². The van der Waals surface area contributed by atoms with Crippen LogP contribution in [0.2, 0.25) is 0 Å². The fourth-order valence-electron chi connectivity index (χ4n) is 2.94. The summed E-state index contributed by atoms with van der Waals surface area (Å²) in [5.74, 6) is 0.0715. The van der Waals surface area contributed by atoms with Crippen LogP contribution in [0, 0.1) is 6.92 Å². The molecule has 1 saturated heterocycles. The number of nitrogens with zero attached hydrogens (tertiary/aromatic N) is 2. The van der Waals surface area contributed by atoms with Gasteiger partial charge in [-0.3, -0.25) is 4.79 Å². The maximum Gasteiger partial charge on any atom is 0.242 e. The standard InChI is InChI=1S/C18H29N3O3S/c1-15-9-10-16(25(23,24)20(2)3)13-17(15)19-14-18(22)21-11-7-5-4-6-8-12-21/h9-10,13,19H,4-8,11-12,14H2,1-3H3. The number of anilines is 1. The highest BCUT2D eigenvalue weighted by Crippen LogP contribution is 2.22. The summed E-state index contributed by atoms with van der Waals surface area (Å²) >= 11 is 0. The maximum absolute atomic E-state index is 12.5. The van der Waals surface area contributed by atoms with Crippen LogP contribution in [0.25, 0.3) is 0 Å². The van der Waals surface area contributed by atoms with Gasteiger partial charge in [-0.05, 0) is 37.5 Å². The van der Waals surface area contributed by atoms with Crippen molar-refractivity contribution >= 4 is 21.6 Å². The van der Waals surface area contributed by atoms with Gasteiger partial charge in [0.05, 0.1) is 11.4 Å². The Hall–Kier alpha value is -1.60. The van der Waals surface area contributed by atoms with Crippen LogP contribution in [-0.4, -0.2) is 57.3 Å². The van der Waals surface area contributed by atoms with Gasteiger partial charge in [-0.2, -0.15) is 0 Å². The van der Waals surface area contributed by atoms with Crippen molar-refractivity contribution < 1.29 is 13.2 Å². The third-order valence-electron chi connectivity index (χ3n) is 4.63. The fourth-order valence-corrected chi connectivity index (χ4v) is 3.87. The molecule has 1 N–H and O–H groups in total. The second kappa shape index (κ2) is 8.67. The van der Waals surface area contributed by atoms with E-state index >= 15 is 0 Å². The zero-order valence-corrected chi connectivity index (χ0v) is 16.2. The molecule has 1 aliphatic rings. The van der Waals surface area contributed by atoms with Gasteiger partial charge in [-0.15, -0.1) is 0 Å². The Labute approximate surface area is 151 Å². The molecule has 0 radical (unpaired) electrons. The molecule has 0 unspecified atom stereocenters. The third-order valence-corrected chi connectivity index (χ3v) is 6.44. The highest BCUT2D eigenvalue weighted by Gasteiger charge is 2.19. The van der Waals surface area contributed by atoms with Gasteiger partial charge in [0.25, 0.3) is 0 Å². The normalized spacial score (nSPS) is 16.4. The van der Waals surface area contributed by atoms with Crippen molar-refractivity contribution in [2.24, 2.45) is 0 Å². The second-order valence-corrected chi connectivity index (χ2v) is 8.92. The molecule has 25 heavy (non-hydrogen) atoms. The fraction of sp³-hybridized carbons (Fsp3) is 0.611. The number of aryl methyl sites for hydroxylation is 1. The summed E-state index contributed by atoms with van der Waals surface area (Å²) in [6, 6.07) is 4.96. The zero-order valence-electron chi connectivity index (χ0n) is 15.4. The Kier molecular flexibility index (Phi) is 6.84. The number of benzene rings is 1. The molecule has 0 spiro atoms. The molecule has 2 rings (SSSR count). The van der Waals surface area contributed by atoms with Crippen LogP contribution in [-0.2, 0) is 14.8 Å². The molecule has 0 aliphatic carbocycles. The lowest BCUT2D eigenvalue weighted by Gasteiger charge is -2.25. The number of nitrogens with one attached hydrogen (secondary N) is 1. The van der Waals surface area contributed by atoms with Crippen molar-refractivity contribution in [1.82, 2.24) is 9.21 Å². The van der Waals surface area contributed by atoms with Crippen LogP contribution in [0.3, 0.4) is 0 Å². The maximum atomic E-state index is 12.5. The molecule has 6 nitrogen and oxygen atoms in total. The summed E-state index contributed by atoms with van der Waals surface area (Å²) < 4.78 is 25.7. The highest BCUT2D eigenvalue weighted by molar-refractivity contribution is 7.89. The largest absolute Gasteiger partial charge is 0.376 e. The quantitative estimate of drug-likeness (QED) is 0.868. The van der Waals surface area contributed by atoms with Gasteiger partial charge < -0.3 is 10.2 Å². The number of amides is 1. The van der Waals surface area contributed by atoms with Crippen LogP contribution >= 0.6 is 0 Å². The smallest absolute Gasteiger partial charge is 0.242 e. The minimum Gasteiger partial charge on any atom is -0.376 e. The predicted octanol–water partition coefficient (Wildman–Crippen LogP) is 2.45. The molecule has 1 aliphatic heterocycles. The number of carbonyl (C=O) groups excluding carboxylic acids is 1. The van der Waals surface area contributed by atoms with Crippen LogP contribution in [0.15, 0.2) is 23.1 Å². The lowest BCUT2D eigenvalue weighted by molar-refractivity contribution is -0.129. The van der Waals surface area contributed by atoms with Gasteiger partial charge in [0.15, 0.2) is 0 Å². The predicted molar refractivity (Wildman–Crippen MR) is 100 cm³/mol. The third kappa shape index (κ3) is 5.19. The molecule has 0 bridgehead atoms. The topological polar surface area (TPSA) is 69.7 Å². The lowest BCUT2D eigenvalue weighted by atomic mass is 10.1. The summed E-state index contributed by atoms with van der Waals surface area (Å²) in [5.41, 5.74) is 1.60. The molecular formula is C18H29N3O3S. The summed E-state index contributed by atoms with van der Waals surface area (Å²) in [7, 11) is -0.471. The first-order valence-corrected chi connectivity index (χ1v) is 10.3. The molecule has 140 valence electrons. The van der Waals surface area contributed by atoms with Crippen molar-refractivity contribution in [2.75, 3.05) is 39.0 Å². The SMILES string of the molecule is Cc1ccc(S(=O)(=O)N(C)C)cc1NCC(=O)N1CCCCCCC1. The second-order valence-electron chi connectivity index (χ2n) is 6.77. The van der Waals surface area contributed by atoms with Crippen molar-refractivity contribution in [3.8, 4) is 0 Å². The first-order chi connectivity index (χ1) is 11.8. The van der Waals surface area contributed by atoms with Gasteiger partial charge >= 0.3 is 0 Å². The van der Waals surface area contributed by atoms with Crippen molar-refractivity contribution in [2.45, 2.75) is 43.9 Å². The van der Waals surface area contributed by atoms with Gasteiger partial charge in [-0.25, -0.2) is 12.7 Å². The summed E-state index contributed by atoms with van der Waals surface area (Å²) in [6.07, 6.45) is 5.73. The number of hydrogen-bond acceptors (Lipinski definition) is 4. The molecular weight excluding hydrogens is 338 g/mol. The lowest BCUT2D eigenvalue weighted by Crippen LogP contribution is -2.37. The molecule has 1 aromatic carbocycles. The van der Waals surface area contributed by atoms with E-state index in [4.69, 9.17) is 0 Å². The Bertz CT molecular complexity index is 694. The van der Waals surface area contributed by atoms with E-state index in [1.165, 1.54) is 37.7 Å². The average Bonchev–Trinajstić information content (AvgIpc) is 2.53. The summed E-state index contributed by atoms with van der Waals surface area (Å²) in [5, 5.41) is 3.12. The summed E-state index contributed by atoms with van der Waals surface area (Å²) in [4.78, 5) is 14.6. The molecule has 7 heteroatoms. The van der Waals surface area contributed by atoms with E-state index in [0.717, 1.165) is 31.5 Å². The molecule has 1 fully saturated rings. The first kappa shape index (κ1) is 19.7. The number of sulfonamides is 1. The van der Waals surface area contributed by atoms with Crippen LogP contribution < -0.4 is 5.32 Å². The monoisotopic (exact) mass is 367 g/mol. The van der Waals surface area contributed by atoms with Gasteiger partial charge in [0, 0.05) is 32.9 Å². The summed E-state index contributed by atoms with van der Waals surface area (Å²) in [6.45, 7) is 3.71. The number of hydrogen-bond donors (Lipinski definition) is 1. The van der Waals surface area contributed by atoms with Gasteiger partial charge in [-0.1, -0.05) is 25.3 Å². The highest BCUT2D eigenvalue weighted by atomic mass is 32.2. The minimum absolute atomic E-state index is 0.0715. The zero-order chi connectivity index (χ0) is 18.4. The van der Waals surface area contributed by atoms with E-state index in [9.17, 15) is 13.2 Å². The van der Waals surface area contributed by atoms with Crippen molar-refractivity contribution in [3.05, 3.63) is 23.8 Å². The van der Waals surface area contributed by atoms with Gasteiger partial charge in [0.2, 0.25) is 15.9 Å². The molecule has 1 aromatic rings. The Morgan fingerprint density at radius 2 is 1.72 bits per heavy atom. The minimum atomic E-state index is -3.49. The first-order valence-electron chi connectivity index (χ1n) is 8.87. The van der Waals surface area contributed by atoms with Crippen LogP contribution in [0.5, 0.6) is 0 Å². The van der Waals surface area contributed by atoms with Crippen LogP contribution in [0.1, 0.15) is 37.7 Å². The Morgan fingerprint density at radius 3 is 2.32 bits per heavy atom. The Balaban J connectivity index is 2.05. The van der Waals surface area contributed by atoms with E-state index < -0.39 is 10.0 Å². The van der Waals surface area contributed by atoms with Gasteiger partial charge in [0.1, 0.15) is 0 Å². The average molecular weight is 368 g/mol. The molecule has 1 heterocycles. The van der Waals surface area contributed by atoms with Crippen molar-refractivity contribution in [3.63, 3.8) is 0 Å². The van der Waals surface area contributed by atoms with Crippen molar-refractivity contribution in [1.29, 1.82) is 0 Å². The van der Waals surface area contributed by atoms with Crippen LogP contribution in [0.4, 0.5) is 5.69 Å². The van der Waals surface area contributed by atoms with E-state index in [-0.39, 0.29) is 17.3 Å². The van der Waals surface area contributed by atoms with E-state index in [1.54, 1.807) is 18.2 Å². The molecule has 0 saturated carbocycles. The Morgan fingerprint density at radius 1 is 1.12 bits per heavy atom. The van der Waals surface area contributed by atoms with E-state index in [1.807, 2.05) is 11.8 Å². The number of likely N-dealkylation sites (tertiary alicyclic amines) is 1. The molecule has 0 aromatic heterocycles. The molecule has 1 amide bonds. The molecule has 0 atom stereocenters. The number of rotatable bonds is 5. The number of carbonyl (C=O) groups is 1.